The van der Waals surface area contributed by atoms with Crippen molar-refractivity contribution >= 4 is 6.29 Å². The summed E-state index contributed by atoms with van der Waals surface area (Å²) in [6.07, 6.45) is 3.86. The summed E-state index contributed by atoms with van der Waals surface area (Å²) in [6.45, 7) is 8.20. The number of nitrogens with zero attached hydrogens (tertiary/aromatic N) is 3. The van der Waals surface area contributed by atoms with E-state index in [0.717, 1.165) is 17.0 Å². The van der Waals surface area contributed by atoms with Gasteiger partial charge in [-0.3, -0.25) is 14.5 Å². The van der Waals surface area contributed by atoms with Crippen molar-refractivity contribution in [2.75, 3.05) is 0 Å². The number of ether oxygens (including phenoxy) is 1. The minimum Gasteiger partial charge on any atom is -0.504 e. The lowest BCUT2D eigenvalue weighted by Gasteiger charge is -2.15. The first kappa shape index (κ1) is 21.0. The number of rotatable bonds is 6. The van der Waals surface area contributed by atoms with E-state index in [9.17, 15) is 15.0 Å². The number of aromatic hydroxyl groups is 2. The zero-order valence-corrected chi connectivity index (χ0v) is 16.5. The first-order valence-electron chi connectivity index (χ1n) is 9.13. The molecule has 0 saturated heterocycles. The molecule has 2 aromatic heterocycles. The summed E-state index contributed by atoms with van der Waals surface area (Å²) in [5, 5.41) is 23.6. The zero-order chi connectivity index (χ0) is 20.7. The third-order valence-corrected chi connectivity index (χ3v) is 3.95. The molecule has 7 heteroatoms. The Hall–Kier alpha value is -3.35. The van der Waals surface area contributed by atoms with E-state index in [0.29, 0.717) is 6.29 Å². The van der Waals surface area contributed by atoms with Crippen LogP contribution < -0.4 is 4.74 Å². The van der Waals surface area contributed by atoms with Crippen LogP contribution in [0.25, 0.3) is 11.4 Å². The third-order valence-electron chi connectivity index (χ3n) is 3.95. The number of carbonyl (C=O) groups excluding carboxylic acids is 1. The van der Waals surface area contributed by atoms with E-state index in [2.05, 4.69) is 10.1 Å². The number of aldehydes is 1. The third kappa shape index (κ3) is 4.31. The molecule has 0 amide bonds. The first-order valence-corrected chi connectivity index (χ1v) is 9.13. The highest BCUT2D eigenvalue weighted by molar-refractivity contribution is 5.85. The SMILES string of the molecule is CC.CC(C)n1nccc1-c1ncccc1COc1ccc(O)c(O)c1C=O. The molecule has 0 radical (unpaired) electrons. The second-order valence-electron chi connectivity index (χ2n) is 6.02. The molecule has 0 spiro atoms. The van der Waals surface area contributed by atoms with Crippen LogP contribution in [-0.2, 0) is 6.61 Å². The van der Waals surface area contributed by atoms with Crippen molar-refractivity contribution in [2.45, 2.75) is 40.3 Å². The summed E-state index contributed by atoms with van der Waals surface area (Å²) in [5.41, 5.74) is 2.31. The average molecular weight is 383 g/mol. The molecule has 28 heavy (non-hydrogen) atoms. The van der Waals surface area contributed by atoms with Gasteiger partial charge in [-0.2, -0.15) is 5.10 Å². The van der Waals surface area contributed by atoms with Crippen molar-refractivity contribution < 1.29 is 19.7 Å². The zero-order valence-electron chi connectivity index (χ0n) is 16.5. The van der Waals surface area contributed by atoms with Crippen molar-refractivity contribution in [1.82, 2.24) is 14.8 Å². The molecule has 0 atom stereocenters. The van der Waals surface area contributed by atoms with Gasteiger partial charge in [0.15, 0.2) is 17.8 Å². The predicted octanol–water partition coefficient (Wildman–Crippen LogP) is 4.35. The van der Waals surface area contributed by atoms with Crippen LogP contribution in [0.15, 0.2) is 42.7 Å². The van der Waals surface area contributed by atoms with Gasteiger partial charge >= 0.3 is 0 Å². The van der Waals surface area contributed by atoms with Gasteiger partial charge in [0, 0.05) is 24.0 Å². The topological polar surface area (TPSA) is 97.5 Å². The second-order valence-corrected chi connectivity index (χ2v) is 6.02. The summed E-state index contributed by atoms with van der Waals surface area (Å²) in [7, 11) is 0. The van der Waals surface area contributed by atoms with E-state index in [1.165, 1.54) is 12.1 Å². The Morgan fingerprint density at radius 1 is 1.14 bits per heavy atom. The van der Waals surface area contributed by atoms with Crippen LogP contribution in [0.5, 0.6) is 17.2 Å². The van der Waals surface area contributed by atoms with Gasteiger partial charge in [0.25, 0.3) is 0 Å². The summed E-state index contributed by atoms with van der Waals surface area (Å²) >= 11 is 0. The van der Waals surface area contributed by atoms with Crippen molar-refractivity contribution in [2.24, 2.45) is 0 Å². The van der Waals surface area contributed by atoms with Gasteiger partial charge in [0.05, 0.1) is 11.4 Å². The molecule has 0 aliphatic rings. The molecule has 148 valence electrons. The Kier molecular flexibility index (Phi) is 7.14. The quantitative estimate of drug-likeness (QED) is 0.485. The molecule has 0 unspecified atom stereocenters. The fourth-order valence-corrected chi connectivity index (χ4v) is 2.67. The number of aromatic nitrogens is 3. The highest BCUT2D eigenvalue weighted by Gasteiger charge is 2.16. The summed E-state index contributed by atoms with van der Waals surface area (Å²) < 4.78 is 7.59. The molecule has 3 rings (SSSR count). The maximum absolute atomic E-state index is 11.2. The van der Waals surface area contributed by atoms with Crippen LogP contribution >= 0.6 is 0 Å². The second kappa shape index (κ2) is 9.55. The molecule has 3 aromatic rings. The lowest BCUT2D eigenvalue weighted by molar-refractivity contribution is 0.111. The van der Waals surface area contributed by atoms with Gasteiger partial charge in [-0.15, -0.1) is 0 Å². The highest BCUT2D eigenvalue weighted by Crippen LogP contribution is 2.35. The maximum atomic E-state index is 11.2. The molecule has 7 nitrogen and oxygen atoms in total. The monoisotopic (exact) mass is 383 g/mol. The molecule has 2 heterocycles. The van der Waals surface area contributed by atoms with Crippen molar-refractivity contribution in [3.63, 3.8) is 0 Å². The molecular formula is C21H25N3O4. The Bertz CT molecular complexity index is 935. The van der Waals surface area contributed by atoms with Crippen LogP contribution in [0.3, 0.4) is 0 Å². The van der Waals surface area contributed by atoms with E-state index in [-0.39, 0.29) is 29.7 Å². The van der Waals surface area contributed by atoms with E-state index >= 15 is 0 Å². The van der Waals surface area contributed by atoms with Crippen LogP contribution in [0.2, 0.25) is 0 Å². The van der Waals surface area contributed by atoms with E-state index in [4.69, 9.17) is 4.74 Å². The molecule has 0 fully saturated rings. The Balaban J connectivity index is 0.00000136. The lowest BCUT2D eigenvalue weighted by Crippen LogP contribution is -2.08. The maximum Gasteiger partial charge on any atom is 0.171 e. The molecule has 2 N–H and O–H groups in total. The Labute approximate surface area is 164 Å². The lowest BCUT2D eigenvalue weighted by atomic mass is 10.1. The van der Waals surface area contributed by atoms with Crippen molar-refractivity contribution in [3.8, 4) is 28.6 Å². The van der Waals surface area contributed by atoms with Gasteiger partial charge in [-0.1, -0.05) is 19.9 Å². The molecule has 1 aromatic carbocycles. The number of carbonyl (C=O) groups is 1. The first-order chi connectivity index (χ1) is 13.5. The van der Waals surface area contributed by atoms with Crippen LogP contribution in [-0.4, -0.2) is 31.3 Å². The number of phenolic OH excluding ortho intramolecular Hbond substituents is 2. The van der Waals surface area contributed by atoms with Gasteiger partial charge in [-0.05, 0) is 38.1 Å². The van der Waals surface area contributed by atoms with E-state index in [1.54, 1.807) is 18.5 Å². The number of benzene rings is 1. The Morgan fingerprint density at radius 3 is 2.57 bits per heavy atom. The number of hydrogen-bond acceptors (Lipinski definition) is 6. The number of pyridine rings is 1. The van der Waals surface area contributed by atoms with Crippen LogP contribution in [0.1, 0.15) is 49.7 Å². The summed E-state index contributed by atoms with van der Waals surface area (Å²) in [4.78, 5) is 15.7. The molecule has 0 saturated carbocycles. The molecule has 0 bridgehead atoms. The molecule has 0 aliphatic heterocycles. The summed E-state index contributed by atoms with van der Waals surface area (Å²) in [5.74, 6) is -0.688. The van der Waals surface area contributed by atoms with Crippen molar-refractivity contribution in [3.05, 3.63) is 53.9 Å². The van der Waals surface area contributed by atoms with Gasteiger partial charge in [0.1, 0.15) is 17.9 Å². The standard InChI is InChI=1S/C19H19N3O4.C2H6/c1-12(2)22-15(7-9-21-22)18-13(4-3-8-20-18)11-26-17-6-5-16(24)19(25)14(17)10-23;1-2/h3-10,12,24-25H,11H2,1-2H3;1-2H3. The van der Waals surface area contributed by atoms with E-state index < -0.39 is 5.75 Å². The molecular weight excluding hydrogens is 358 g/mol. The minimum absolute atomic E-state index is 0.0948. The highest BCUT2D eigenvalue weighted by atomic mass is 16.5. The van der Waals surface area contributed by atoms with Crippen LogP contribution in [0, 0.1) is 0 Å². The van der Waals surface area contributed by atoms with Crippen LogP contribution in [0.4, 0.5) is 0 Å². The smallest absolute Gasteiger partial charge is 0.171 e. The number of phenols is 2. The number of hydrogen-bond donors (Lipinski definition) is 2. The predicted molar refractivity (Wildman–Crippen MR) is 107 cm³/mol. The Morgan fingerprint density at radius 2 is 1.89 bits per heavy atom. The average Bonchev–Trinajstić information content (AvgIpc) is 3.21. The minimum atomic E-state index is -0.498. The largest absolute Gasteiger partial charge is 0.504 e. The van der Waals surface area contributed by atoms with Gasteiger partial charge < -0.3 is 14.9 Å². The fourth-order valence-electron chi connectivity index (χ4n) is 2.67. The summed E-state index contributed by atoms with van der Waals surface area (Å²) in [6, 6.07) is 8.44. The van der Waals surface area contributed by atoms with Crippen molar-refractivity contribution in [1.29, 1.82) is 0 Å². The van der Waals surface area contributed by atoms with E-state index in [1.807, 2.05) is 44.5 Å². The van der Waals surface area contributed by atoms with Gasteiger partial charge in [-0.25, -0.2) is 0 Å². The van der Waals surface area contributed by atoms with Gasteiger partial charge in [0.2, 0.25) is 0 Å². The normalized spacial score (nSPS) is 10.3. The fraction of sp³-hybridized carbons (Fsp3) is 0.286. The molecule has 0 aliphatic carbocycles.